The van der Waals surface area contributed by atoms with Gasteiger partial charge in [-0.2, -0.15) is 0 Å². The van der Waals surface area contributed by atoms with E-state index in [-0.39, 0.29) is 0 Å². The molecule has 0 aromatic heterocycles. The Hall–Kier alpha value is -2.00. The smallest absolute Gasteiger partial charge is 0.124 e. The zero-order valence-corrected chi connectivity index (χ0v) is 14.4. The number of aromatic hydroxyl groups is 1. The quantitative estimate of drug-likeness (QED) is 0.909. The van der Waals surface area contributed by atoms with Crippen LogP contribution in [0.4, 0.5) is 0 Å². The molecule has 0 bridgehead atoms. The number of aryl methyl sites for hydroxylation is 4. The summed E-state index contributed by atoms with van der Waals surface area (Å²) in [5.41, 5.74) is 7.03. The Balaban J connectivity index is 1.88. The lowest BCUT2D eigenvalue weighted by Gasteiger charge is -2.22. The highest BCUT2D eigenvalue weighted by Gasteiger charge is 2.19. The second-order valence-electron chi connectivity index (χ2n) is 6.70. The summed E-state index contributed by atoms with van der Waals surface area (Å²) in [4.78, 5) is 2.35. The average molecular weight is 311 g/mol. The van der Waals surface area contributed by atoms with Crippen LogP contribution in [0.2, 0.25) is 0 Å². The second-order valence-corrected chi connectivity index (χ2v) is 6.70. The number of benzene rings is 2. The number of phenolic OH excluding ortho intramolecular Hbond substituents is 1. The molecule has 0 spiro atoms. The summed E-state index contributed by atoms with van der Waals surface area (Å²) < 4.78 is 5.95. The summed E-state index contributed by atoms with van der Waals surface area (Å²) in [5, 5.41) is 10.3. The molecular weight excluding hydrogens is 286 g/mol. The largest absolute Gasteiger partial charge is 0.508 e. The third kappa shape index (κ3) is 3.35. The van der Waals surface area contributed by atoms with E-state index in [9.17, 15) is 5.11 Å². The number of ether oxygens (including phenoxy) is 1. The van der Waals surface area contributed by atoms with Crippen molar-refractivity contribution in [1.82, 2.24) is 4.90 Å². The number of hydrogen-bond donors (Lipinski definition) is 1. The lowest BCUT2D eigenvalue weighted by Crippen LogP contribution is -2.26. The van der Waals surface area contributed by atoms with E-state index in [0.717, 1.165) is 42.1 Å². The predicted octanol–water partition coefficient (Wildman–Crippen LogP) is 4.02. The van der Waals surface area contributed by atoms with Gasteiger partial charge in [0, 0.05) is 30.8 Å². The monoisotopic (exact) mass is 311 g/mol. The molecular formula is C20H25NO2. The van der Waals surface area contributed by atoms with E-state index in [4.69, 9.17) is 4.74 Å². The van der Waals surface area contributed by atoms with Crippen molar-refractivity contribution in [3.8, 4) is 11.5 Å². The second kappa shape index (κ2) is 6.25. The first kappa shape index (κ1) is 15.9. The Morgan fingerprint density at radius 1 is 1.00 bits per heavy atom. The molecule has 2 aromatic carbocycles. The molecule has 0 aliphatic carbocycles. The fraction of sp³-hybridized carbons (Fsp3) is 0.400. The van der Waals surface area contributed by atoms with Gasteiger partial charge in [-0.05, 0) is 62.1 Å². The van der Waals surface area contributed by atoms with Gasteiger partial charge in [-0.25, -0.2) is 0 Å². The first-order chi connectivity index (χ1) is 10.9. The molecule has 1 aliphatic heterocycles. The van der Waals surface area contributed by atoms with Gasteiger partial charge in [-0.15, -0.1) is 0 Å². The minimum Gasteiger partial charge on any atom is -0.508 e. The summed E-state index contributed by atoms with van der Waals surface area (Å²) in [6, 6.07) is 8.31. The molecule has 1 aliphatic rings. The first-order valence-corrected chi connectivity index (χ1v) is 8.18. The van der Waals surface area contributed by atoms with Gasteiger partial charge in [-0.1, -0.05) is 12.1 Å². The Morgan fingerprint density at radius 2 is 1.70 bits per heavy atom. The van der Waals surface area contributed by atoms with Crippen LogP contribution in [0.3, 0.4) is 0 Å². The topological polar surface area (TPSA) is 32.7 Å². The van der Waals surface area contributed by atoms with Crippen molar-refractivity contribution in [3.63, 3.8) is 0 Å². The highest BCUT2D eigenvalue weighted by molar-refractivity contribution is 5.44. The van der Waals surface area contributed by atoms with Crippen LogP contribution in [0.25, 0.3) is 0 Å². The Labute approximate surface area is 138 Å². The molecule has 0 radical (unpaired) electrons. The van der Waals surface area contributed by atoms with E-state index in [1.807, 2.05) is 13.0 Å². The number of fused-ring (bicyclic) bond motifs is 1. The van der Waals surface area contributed by atoms with Crippen LogP contribution in [0.5, 0.6) is 11.5 Å². The van der Waals surface area contributed by atoms with Crippen LogP contribution >= 0.6 is 0 Å². The fourth-order valence-electron chi connectivity index (χ4n) is 3.42. The molecule has 3 rings (SSSR count). The number of rotatable bonds is 2. The van der Waals surface area contributed by atoms with E-state index in [0.29, 0.717) is 12.4 Å². The van der Waals surface area contributed by atoms with Crippen LogP contribution in [0.15, 0.2) is 24.3 Å². The molecule has 0 atom stereocenters. The normalized spacial score (nSPS) is 15.0. The van der Waals surface area contributed by atoms with Gasteiger partial charge in [0.1, 0.15) is 18.1 Å². The molecule has 0 saturated heterocycles. The average Bonchev–Trinajstić information content (AvgIpc) is 2.65. The Morgan fingerprint density at radius 3 is 2.43 bits per heavy atom. The maximum absolute atomic E-state index is 10.3. The summed E-state index contributed by atoms with van der Waals surface area (Å²) in [7, 11) is 0. The van der Waals surface area contributed by atoms with Gasteiger partial charge in [0.2, 0.25) is 0 Å². The molecule has 0 amide bonds. The van der Waals surface area contributed by atoms with Crippen LogP contribution in [0.1, 0.15) is 33.4 Å². The first-order valence-electron chi connectivity index (χ1n) is 8.18. The van der Waals surface area contributed by atoms with Gasteiger partial charge < -0.3 is 9.84 Å². The molecule has 0 fully saturated rings. The van der Waals surface area contributed by atoms with Crippen molar-refractivity contribution in [3.05, 3.63) is 57.6 Å². The van der Waals surface area contributed by atoms with Gasteiger partial charge in [0.25, 0.3) is 0 Å². The van der Waals surface area contributed by atoms with Crippen molar-refractivity contribution in [2.45, 2.75) is 40.8 Å². The predicted molar refractivity (Wildman–Crippen MR) is 93.1 cm³/mol. The fourth-order valence-corrected chi connectivity index (χ4v) is 3.42. The molecule has 2 aromatic rings. The third-order valence-electron chi connectivity index (χ3n) is 4.60. The standard InChI is InChI=1S/C20H25NO2/c1-13-7-15(3)17(19(22)9-13)11-21-5-6-23-20-10-14(2)8-16(4)18(20)12-21/h7-10,22H,5-6,11-12H2,1-4H3. The Kier molecular flexibility index (Phi) is 4.31. The van der Waals surface area contributed by atoms with Crippen molar-refractivity contribution >= 4 is 0 Å². The van der Waals surface area contributed by atoms with E-state index in [1.165, 1.54) is 16.7 Å². The molecule has 23 heavy (non-hydrogen) atoms. The number of hydrogen-bond acceptors (Lipinski definition) is 3. The molecule has 1 N–H and O–H groups in total. The molecule has 1 heterocycles. The molecule has 122 valence electrons. The van der Waals surface area contributed by atoms with E-state index in [1.54, 1.807) is 0 Å². The van der Waals surface area contributed by atoms with Gasteiger partial charge in [0.05, 0.1) is 0 Å². The minimum atomic E-state index is 0.397. The minimum absolute atomic E-state index is 0.397. The highest BCUT2D eigenvalue weighted by Crippen LogP contribution is 2.30. The van der Waals surface area contributed by atoms with Crippen molar-refractivity contribution in [1.29, 1.82) is 0 Å². The van der Waals surface area contributed by atoms with Crippen molar-refractivity contribution in [2.75, 3.05) is 13.2 Å². The van der Waals surface area contributed by atoms with Gasteiger partial charge in [-0.3, -0.25) is 4.90 Å². The van der Waals surface area contributed by atoms with Gasteiger partial charge in [0.15, 0.2) is 0 Å². The van der Waals surface area contributed by atoms with E-state index < -0.39 is 0 Å². The number of nitrogens with zero attached hydrogens (tertiary/aromatic N) is 1. The third-order valence-corrected chi connectivity index (χ3v) is 4.60. The highest BCUT2D eigenvalue weighted by atomic mass is 16.5. The van der Waals surface area contributed by atoms with Gasteiger partial charge >= 0.3 is 0 Å². The summed E-state index contributed by atoms with van der Waals surface area (Å²) in [6.07, 6.45) is 0. The number of phenols is 1. The van der Waals surface area contributed by atoms with Crippen molar-refractivity contribution < 1.29 is 9.84 Å². The zero-order chi connectivity index (χ0) is 16.6. The Bertz CT molecular complexity index is 714. The molecule has 0 unspecified atom stereocenters. The van der Waals surface area contributed by atoms with Crippen LogP contribution in [-0.2, 0) is 13.1 Å². The summed E-state index contributed by atoms with van der Waals surface area (Å²) in [6.45, 7) is 11.5. The lowest BCUT2D eigenvalue weighted by molar-refractivity contribution is 0.217. The van der Waals surface area contributed by atoms with E-state index >= 15 is 0 Å². The van der Waals surface area contributed by atoms with Crippen LogP contribution < -0.4 is 4.74 Å². The molecule has 0 saturated carbocycles. The SMILES string of the molecule is Cc1cc(C)c(CN2CCOc3cc(C)cc(C)c3C2)c(O)c1. The van der Waals surface area contributed by atoms with Crippen LogP contribution in [-0.4, -0.2) is 23.2 Å². The lowest BCUT2D eigenvalue weighted by atomic mass is 10.0. The van der Waals surface area contributed by atoms with Crippen molar-refractivity contribution in [2.24, 2.45) is 0 Å². The molecule has 3 heteroatoms. The molecule has 3 nitrogen and oxygen atoms in total. The van der Waals surface area contributed by atoms with Crippen LogP contribution in [0, 0.1) is 27.7 Å². The maximum Gasteiger partial charge on any atom is 0.124 e. The van der Waals surface area contributed by atoms with E-state index in [2.05, 4.69) is 43.9 Å². The summed E-state index contributed by atoms with van der Waals surface area (Å²) >= 11 is 0. The zero-order valence-electron chi connectivity index (χ0n) is 14.4. The summed E-state index contributed by atoms with van der Waals surface area (Å²) in [5.74, 6) is 1.41. The maximum atomic E-state index is 10.3.